The van der Waals surface area contributed by atoms with Crippen molar-refractivity contribution in [3.05, 3.63) is 54.1 Å². The maximum atomic E-state index is 13.0. The second-order valence-electron chi connectivity index (χ2n) is 7.84. The Hall–Kier alpha value is -3.22. The number of rotatable bonds is 12. The van der Waals surface area contributed by atoms with Gasteiger partial charge in [-0.1, -0.05) is 12.1 Å². The van der Waals surface area contributed by atoms with Crippen LogP contribution in [0.5, 0.6) is 17.2 Å². The molecule has 1 atom stereocenters. The van der Waals surface area contributed by atoms with E-state index >= 15 is 0 Å². The number of benzene rings is 2. The molecule has 0 radical (unpaired) electrons. The van der Waals surface area contributed by atoms with Crippen LogP contribution in [0.25, 0.3) is 0 Å². The van der Waals surface area contributed by atoms with Crippen molar-refractivity contribution in [1.82, 2.24) is 10.2 Å². The molecule has 1 unspecified atom stereocenters. The van der Waals surface area contributed by atoms with E-state index in [2.05, 4.69) is 5.32 Å². The summed E-state index contributed by atoms with van der Waals surface area (Å²) >= 11 is 0. The van der Waals surface area contributed by atoms with Crippen molar-refractivity contribution < 1.29 is 23.8 Å². The fraction of sp³-hybridized carbons (Fsp3) is 0.440. The van der Waals surface area contributed by atoms with Gasteiger partial charge in [0.2, 0.25) is 11.8 Å². The molecular formula is C25H34N2O5. The Bertz CT molecular complexity index is 850. The summed E-state index contributed by atoms with van der Waals surface area (Å²) < 4.78 is 16.1. The highest BCUT2D eigenvalue weighted by molar-refractivity contribution is 5.87. The molecule has 174 valence electrons. The van der Waals surface area contributed by atoms with Gasteiger partial charge in [0.25, 0.3) is 0 Å². The zero-order valence-corrected chi connectivity index (χ0v) is 19.6. The first-order chi connectivity index (χ1) is 15.3. The molecule has 0 aliphatic rings. The minimum Gasteiger partial charge on any atom is -0.497 e. The molecule has 0 saturated carbocycles. The maximum Gasteiger partial charge on any atom is 0.242 e. The lowest BCUT2D eigenvalue weighted by molar-refractivity contribution is -0.141. The Balaban J connectivity index is 1.98. The van der Waals surface area contributed by atoms with Crippen LogP contribution in [-0.2, 0) is 16.1 Å². The van der Waals surface area contributed by atoms with Crippen molar-refractivity contribution >= 4 is 11.8 Å². The van der Waals surface area contributed by atoms with Crippen LogP contribution in [0.15, 0.2) is 48.5 Å². The Morgan fingerprint density at radius 3 is 1.94 bits per heavy atom. The van der Waals surface area contributed by atoms with Gasteiger partial charge in [-0.3, -0.25) is 9.59 Å². The van der Waals surface area contributed by atoms with Crippen LogP contribution in [0.1, 0.15) is 39.2 Å². The molecule has 2 aromatic carbocycles. The highest BCUT2D eigenvalue weighted by atomic mass is 16.5. The third kappa shape index (κ3) is 7.80. The average molecular weight is 443 g/mol. The van der Waals surface area contributed by atoms with Crippen LogP contribution >= 0.6 is 0 Å². The topological polar surface area (TPSA) is 77.1 Å². The predicted octanol–water partition coefficient (Wildman–Crippen LogP) is 3.80. The summed E-state index contributed by atoms with van der Waals surface area (Å²) in [5, 5.41) is 2.89. The van der Waals surface area contributed by atoms with Gasteiger partial charge in [0.15, 0.2) is 0 Å². The van der Waals surface area contributed by atoms with Crippen molar-refractivity contribution in [3.8, 4) is 17.2 Å². The van der Waals surface area contributed by atoms with Crippen LogP contribution in [0.2, 0.25) is 0 Å². The number of nitrogens with zero attached hydrogens (tertiary/aromatic N) is 1. The Morgan fingerprint density at radius 1 is 0.875 bits per heavy atom. The second kappa shape index (κ2) is 12.6. The minimum absolute atomic E-state index is 0.000727. The van der Waals surface area contributed by atoms with Crippen molar-refractivity contribution in [2.45, 2.75) is 52.2 Å². The van der Waals surface area contributed by atoms with Gasteiger partial charge < -0.3 is 24.4 Å². The average Bonchev–Trinajstić information content (AvgIpc) is 2.80. The van der Waals surface area contributed by atoms with Crippen molar-refractivity contribution in [2.75, 3.05) is 20.8 Å². The van der Waals surface area contributed by atoms with E-state index in [9.17, 15) is 9.59 Å². The number of carbonyl (C=O) groups is 2. The SMILES string of the molecule is COc1ccc(CN(C(=O)CCCOc2ccc(OC)cc2)C(C)C(=O)NC(C)C)cc1. The number of ether oxygens (including phenoxy) is 3. The molecule has 0 aliphatic heterocycles. The first-order valence-electron chi connectivity index (χ1n) is 10.8. The van der Waals surface area contributed by atoms with Crippen LogP contribution in [0, 0.1) is 0 Å². The summed E-state index contributed by atoms with van der Waals surface area (Å²) in [5.74, 6) is 1.96. The van der Waals surface area contributed by atoms with E-state index in [4.69, 9.17) is 14.2 Å². The van der Waals surface area contributed by atoms with Gasteiger partial charge in [-0.05, 0) is 69.2 Å². The quantitative estimate of drug-likeness (QED) is 0.506. The molecule has 0 aliphatic carbocycles. The fourth-order valence-corrected chi connectivity index (χ4v) is 3.14. The monoisotopic (exact) mass is 442 g/mol. The molecule has 0 aromatic heterocycles. The molecule has 0 bridgehead atoms. The Labute approximate surface area is 190 Å². The van der Waals surface area contributed by atoms with Gasteiger partial charge >= 0.3 is 0 Å². The highest BCUT2D eigenvalue weighted by Gasteiger charge is 2.26. The van der Waals surface area contributed by atoms with Gasteiger partial charge in [0.1, 0.15) is 23.3 Å². The largest absolute Gasteiger partial charge is 0.497 e. The number of hydrogen-bond acceptors (Lipinski definition) is 5. The molecule has 2 amide bonds. The van der Waals surface area contributed by atoms with Gasteiger partial charge in [-0.15, -0.1) is 0 Å². The van der Waals surface area contributed by atoms with Gasteiger partial charge in [0.05, 0.1) is 20.8 Å². The minimum atomic E-state index is -0.588. The van der Waals surface area contributed by atoms with Crippen molar-refractivity contribution in [3.63, 3.8) is 0 Å². The molecule has 2 rings (SSSR count). The van der Waals surface area contributed by atoms with E-state index in [1.165, 1.54) is 0 Å². The van der Waals surface area contributed by atoms with E-state index < -0.39 is 6.04 Å². The fourth-order valence-electron chi connectivity index (χ4n) is 3.14. The third-order valence-corrected chi connectivity index (χ3v) is 4.97. The molecule has 0 spiro atoms. The predicted molar refractivity (Wildman–Crippen MR) is 124 cm³/mol. The van der Waals surface area contributed by atoms with Crippen LogP contribution in [-0.4, -0.2) is 49.6 Å². The first kappa shape index (κ1) is 25.0. The van der Waals surface area contributed by atoms with E-state index in [-0.39, 0.29) is 24.3 Å². The highest BCUT2D eigenvalue weighted by Crippen LogP contribution is 2.18. The Morgan fingerprint density at radius 2 is 1.41 bits per heavy atom. The summed E-state index contributed by atoms with van der Waals surface area (Å²) in [4.78, 5) is 27.3. The zero-order valence-electron chi connectivity index (χ0n) is 19.6. The summed E-state index contributed by atoms with van der Waals surface area (Å²) in [5.41, 5.74) is 0.929. The van der Waals surface area contributed by atoms with Crippen molar-refractivity contribution in [2.24, 2.45) is 0 Å². The lowest BCUT2D eigenvalue weighted by Crippen LogP contribution is -2.49. The van der Waals surface area contributed by atoms with Crippen LogP contribution < -0.4 is 19.5 Å². The molecule has 7 heteroatoms. The molecule has 7 nitrogen and oxygen atoms in total. The number of nitrogens with one attached hydrogen (secondary N) is 1. The number of amides is 2. The summed E-state index contributed by atoms with van der Waals surface area (Å²) in [7, 11) is 3.22. The molecule has 1 N–H and O–H groups in total. The third-order valence-electron chi connectivity index (χ3n) is 4.97. The van der Waals surface area contributed by atoms with Crippen LogP contribution in [0.3, 0.4) is 0 Å². The van der Waals surface area contributed by atoms with E-state index in [1.807, 2.05) is 62.4 Å². The molecule has 32 heavy (non-hydrogen) atoms. The summed E-state index contributed by atoms with van der Waals surface area (Å²) in [6.07, 6.45) is 0.827. The van der Waals surface area contributed by atoms with E-state index in [0.717, 1.165) is 22.8 Å². The van der Waals surface area contributed by atoms with E-state index in [1.54, 1.807) is 26.0 Å². The molecule has 0 saturated heterocycles. The maximum absolute atomic E-state index is 13.0. The van der Waals surface area contributed by atoms with Gasteiger partial charge in [-0.25, -0.2) is 0 Å². The second-order valence-corrected chi connectivity index (χ2v) is 7.84. The van der Waals surface area contributed by atoms with Crippen molar-refractivity contribution in [1.29, 1.82) is 0 Å². The number of hydrogen-bond donors (Lipinski definition) is 1. The molecule has 0 heterocycles. The first-order valence-corrected chi connectivity index (χ1v) is 10.8. The van der Waals surface area contributed by atoms with Gasteiger partial charge in [-0.2, -0.15) is 0 Å². The lowest BCUT2D eigenvalue weighted by atomic mass is 10.1. The molecule has 2 aromatic rings. The standard InChI is InChI=1S/C25H34N2O5/c1-18(2)26-25(29)19(3)27(17-20-8-10-21(30-4)11-9-20)24(28)7-6-16-32-23-14-12-22(31-5)13-15-23/h8-15,18-19H,6-7,16-17H2,1-5H3,(H,26,29). The molecular weight excluding hydrogens is 408 g/mol. The molecule has 0 fully saturated rings. The number of carbonyl (C=O) groups excluding carboxylic acids is 2. The summed E-state index contributed by atoms with van der Waals surface area (Å²) in [6, 6.07) is 14.2. The van der Waals surface area contributed by atoms with E-state index in [0.29, 0.717) is 19.6 Å². The number of methoxy groups -OCH3 is 2. The van der Waals surface area contributed by atoms with Gasteiger partial charge in [0, 0.05) is 19.0 Å². The smallest absolute Gasteiger partial charge is 0.242 e. The normalized spacial score (nSPS) is 11.6. The Kier molecular flexibility index (Phi) is 9.85. The zero-order chi connectivity index (χ0) is 23.5. The summed E-state index contributed by atoms with van der Waals surface area (Å²) in [6.45, 7) is 6.30. The van der Waals surface area contributed by atoms with Crippen LogP contribution in [0.4, 0.5) is 0 Å². The lowest BCUT2D eigenvalue weighted by Gasteiger charge is -2.29.